The largest absolute Gasteiger partial charge is 0.636 e. The minimum absolute atomic E-state index is 0.582. The molecule has 0 aromatic carbocycles. The van der Waals surface area contributed by atoms with Gasteiger partial charge in [-0.25, -0.2) is 0 Å². The summed E-state index contributed by atoms with van der Waals surface area (Å²) in [4.78, 5) is 0. The van der Waals surface area contributed by atoms with Crippen LogP contribution in [0.25, 0.3) is 0 Å². The second kappa shape index (κ2) is 18.7. The Hall–Kier alpha value is -0.340. The van der Waals surface area contributed by atoms with Gasteiger partial charge >= 0.3 is 0 Å². The SMILES string of the molecule is CCCCCCCCCCCCCCCC=CC[NH2+][O-]. The highest BCUT2D eigenvalue weighted by Crippen LogP contribution is 2.12. The van der Waals surface area contributed by atoms with Crippen LogP contribution >= 0.6 is 0 Å². The maximum absolute atomic E-state index is 10.1. The van der Waals surface area contributed by atoms with Gasteiger partial charge in [-0.2, -0.15) is 0 Å². The van der Waals surface area contributed by atoms with Gasteiger partial charge in [0.2, 0.25) is 0 Å². The highest BCUT2D eigenvalue weighted by Gasteiger charge is 1.93. The van der Waals surface area contributed by atoms with E-state index < -0.39 is 0 Å². The molecule has 120 valence electrons. The highest BCUT2D eigenvalue weighted by molar-refractivity contribution is 4.80. The van der Waals surface area contributed by atoms with Gasteiger partial charge in [0, 0.05) is 0 Å². The van der Waals surface area contributed by atoms with Crippen molar-refractivity contribution in [3.05, 3.63) is 17.4 Å². The molecule has 0 aliphatic rings. The van der Waals surface area contributed by atoms with Crippen LogP contribution in [0.1, 0.15) is 96.8 Å². The Morgan fingerprint density at radius 1 is 0.650 bits per heavy atom. The molecule has 0 atom stereocenters. The van der Waals surface area contributed by atoms with Gasteiger partial charge in [0.1, 0.15) is 0 Å². The molecule has 2 N–H and O–H groups in total. The molecule has 2 nitrogen and oxygen atoms in total. The minimum Gasteiger partial charge on any atom is -0.636 e. The predicted octanol–water partition coefficient (Wildman–Crippen LogP) is 5.09. The normalized spacial score (nSPS) is 11.5. The van der Waals surface area contributed by atoms with Crippen molar-refractivity contribution < 1.29 is 5.48 Å². The van der Waals surface area contributed by atoms with Crippen molar-refractivity contribution in [1.82, 2.24) is 0 Å². The second-order valence-electron chi connectivity index (χ2n) is 5.91. The number of unbranched alkanes of at least 4 members (excludes halogenated alkanes) is 13. The average molecular weight is 283 g/mol. The first-order valence-electron chi connectivity index (χ1n) is 9.00. The molecule has 0 spiro atoms. The van der Waals surface area contributed by atoms with Crippen LogP contribution < -0.4 is 5.48 Å². The van der Waals surface area contributed by atoms with E-state index in [2.05, 4.69) is 13.0 Å². The van der Waals surface area contributed by atoms with Gasteiger partial charge in [-0.1, -0.05) is 90.0 Å². The standard InChI is InChI=1S/C18H37NO/c1-2-3-4-5-6-7-8-9-10-11-12-13-14-15-16-17-18-19-20/h16-17H,2-15,18-19H2,1H3. The summed E-state index contributed by atoms with van der Waals surface area (Å²) >= 11 is 0. The number of hydrogen-bond acceptors (Lipinski definition) is 1. The molecule has 0 saturated carbocycles. The van der Waals surface area contributed by atoms with Gasteiger partial charge in [-0.3, -0.25) is 0 Å². The third-order valence-electron chi connectivity index (χ3n) is 3.87. The molecule has 0 bridgehead atoms. The van der Waals surface area contributed by atoms with Crippen LogP contribution in [-0.4, -0.2) is 6.54 Å². The van der Waals surface area contributed by atoms with E-state index in [0.717, 1.165) is 11.9 Å². The zero-order valence-electron chi connectivity index (χ0n) is 13.7. The number of nitrogens with two attached hydrogens (primary N) is 1. The third kappa shape index (κ3) is 17.7. The molecule has 0 fully saturated rings. The summed E-state index contributed by atoms with van der Waals surface area (Å²) in [5.74, 6) is 0. The van der Waals surface area contributed by atoms with Crippen LogP contribution in [0.3, 0.4) is 0 Å². The van der Waals surface area contributed by atoms with Gasteiger partial charge in [0.05, 0.1) is 6.54 Å². The molecule has 0 aromatic heterocycles. The van der Waals surface area contributed by atoms with Crippen LogP contribution in [0.5, 0.6) is 0 Å². The molecule has 0 unspecified atom stereocenters. The first kappa shape index (κ1) is 19.7. The van der Waals surface area contributed by atoms with Crippen LogP contribution in [0.15, 0.2) is 12.2 Å². The zero-order valence-corrected chi connectivity index (χ0v) is 13.7. The smallest absolute Gasteiger partial charge is 0.0939 e. The van der Waals surface area contributed by atoms with Crippen molar-refractivity contribution in [2.24, 2.45) is 0 Å². The molecule has 2 heteroatoms. The fourth-order valence-electron chi connectivity index (χ4n) is 2.55. The topological polar surface area (TPSA) is 39.7 Å². The zero-order chi connectivity index (χ0) is 14.7. The lowest BCUT2D eigenvalue weighted by Gasteiger charge is -2.02. The molecule has 0 aliphatic carbocycles. The molecular formula is C18H37NO. The summed E-state index contributed by atoms with van der Waals surface area (Å²) in [6.07, 6.45) is 23.6. The van der Waals surface area contributed by atoms with E-state index >= 15 is 0 Å². The van der Waals surface area contributed by atoms with E-state index in [4.69, 9.17) is 0 Å². The van der Waals surface area contributed by atoms with Gasteiger partial charge in [-0.15, -0.1) is 0 Å². The number of rotatable bonds is 16. The Labute approximate surface area is 127 Å². The summed E-state index contributed by atoms with van der Waals surface area (Å²) in [7, 11) is 0. The van der Waals surface area contributed by atoms with Crippen molar-refractivity contribution in [2.75, 3.05) is 6.54 Å². The van der Waals surface area contributed by atoms with Crippen molar-refractivity contribution in [3.8, 4) is 0 Å². The maximum atomic E-state index is 10.1. The molecular weight excluding hydrogens is 246 g/mol. The van der Waals surface area contributed by atoms with Gasteiger partial charge in [0.15, 0.2) is 0 Å². The molecule has 0 rings (SSSR count). The summed E-state index contributed by atoms with van der Waals surface area (Å²) < 4.78 is 0. The lowest BCUT2D eigenvalue weighted by atomic mass is 10.0. The van der Waals surface area contributed by atoms with E-state index in [0.29, 0.717) is 6.54 Å². The molecule has 0 amide bonds. The van der Waals surface area contributed by atoms with Crippen molar-refractivity contribution in [2.45, 2.75) is 96.8 Å². The van der Waals surface area contributed by atoms with E-state index in [9.17, 15) is 5.21 Å². The number of hydroxylamine groups is 1. The quantitative estimate of drug-likeness (QED) is 0.239. The molecule has 0 heterocycles. The predicted molar refractivity (Wildman–Crippen MR) is 89.6 cm³/mol. The lowest BCUT2D eigenvalue weighted by Crippen LogP contribution is -2.76. The average Bonchev–Trinajstić information content (AvgIpc) is 2.47. The summed E-state index contributed by atoms with van der Waals surface area (Å²) in [6, 6.07) is 0. The number of quaternary nitrogens is 1. The van der Waals surface area contributed by atoms with Crippen molar-refractivity contribution in [1.29, 1.82) is 0 Å². The summed E-state index contributed by atoms with van der Waals surface area (Å²) in [5, 5.41) is 10.1. The maximum Gasteiger partial charge on any atom is 0.0939 e. The van der Waals surface area contributed by atoms with Gasteiger partial charge in [0.25, 0.3) is 0 Å². The second-order valence-corrected chi connectivity index (χ2v) is 5.91. The van der Waals surface area contributed by atoms with Crippen LogP contribution in [0.4, 0.5) is 0 Å². The first-order valence-corrected chi connectivity index (χ1v) is 9.00. The van der Waals surface area contributed by atoms with E-state index in [1.54, 1.807) is 0 Å². The number of hydrogen-bond donors (Lipinski definition) is 1. The van der Waals surface area contributed by atoms with E-state index in [-0.39, 0.29) is 0 Å². The molecule has 20 heavy (non-hydrogen) atoms. The molecule has 0 radical (unpaired) electrons. The molecule has 0 aromatic rings. The van der Waals surface area contributed by atoms with Crippen molar-refractivity contribution >= 4 is 0 Å². The Kier molecular flexibility index (Phi) is 18.3. The lowest BCUT2D eigenvalue weighted by molar-refractivity contribution is -0.578. The molecule has 0 saturated heterocycles. The first-order chi connectivity index (χ1) is 9.91. The minimum atomic E-state index is 0.582. The van der Waals surface area contributed by atoms with Gasteiger partial charge < -0.3 is 10.7 Å². The Balaban J connectivity index is 2.96. The van der Waals surface area contributed by atoms with E-state index in [1.165, 1.54) is 83.5 Å². The summed E-state index contributed by atoms with van der Waals surface area (Å²) in [6.45, 7) is 2.86. The number of allylic oxidation sites excluding steroid dienone is 1. The monoisotopic (exact) mass is 283 g/mol. The van der Waals surface area contributed by atoms with Crippen LogP contribution in [-0.2, 0) is 0 Å². The summed E-state index contributed by atoms with van der Waals surface area (Å²) in [5.41, 5.74) is 0.959. The van der Waals surface area contributed by atoms with Gasteiger partial charge in [-0.05, 0) is 18.9 Å². The third-order valence-corrected chi connectivity index (χ3v) is 3.87. The Morgan fingerprint density at radius 2 is 1.10 bits per heavy atom. The molecule has 0 aliphatic heterocycles. The van der Waals surface area contributed by atoms with E-state index in [1.807, 2.05) is 6.08 Å². The van der Waals surface area contributed by atoms with Crippen LogP contribution in [0, 0.1) is 5.21 Å². The van der Waals surface area contributed by atoms with Crippen molar-refractivity contribution in [3.63, 3.8) is 0 Å². The fourth-order valence-corrected chi connectivity index (χ4v) is 2.55. The highest BCUT2D eigenvalue weighted by atomic mass is 16.5. The Bertz CT molecular complexity index is 192. The Morgan fingerprint density at radius 3 is 1.55 bits per heavy atom. The van der Waals surface area contributed by atoms with Crippen LogP contribution in [0.2, 0.25) is 0 Å². The fraction of sp³-hybridized carbons (Fsp3) is 0.889.